The summed E-state index contributed by atoms with van der Waals surface area (Å²) in [5.74, 6) is 0.474. The highest BCUT2D eigenvalue weighted by Gasteiger charge is 2.37. The largest absolute Gasteiger partial charge is 0.487 e. The van der Waals surface area contributed by atoms with Crippen LogP contribution >= 0.6 is 0 Å². The zero-order chi connectivity index (χ0) is 21.5. The van der Waals surface area contributed by atoms with Gasteiger partial charge in [0.15, 0.2) is 17.2 Å². The lowest BCUT2D eigenvalue weighted by atomic mass is 10.1. The van der Waals surface area contributed by atoms with Crippen molar-refractivity contribution in [3.05, 3.63) is 65.4 Å². The lowest BCUT2D eigenvalue weighted by Crippen LogP contribution is -2.12. The van der Waals surface area contributed by atoms with Gasteiger partial charge in [-0.2, -0.15) is 26.3 Å². The van der Waals surface area contributed by atoms with Crippen molar-refractivity contribution in [3.63, 3.8) is 0 Å². The summed E-state index contributed by atoms with van der Waals surface area (Å²) in [5.41, 5.74) is -2.84. The van der Waals surface area contributed by atoms with E-state index in [1.807, 2.05) is 0 Å². The second-order valence-electron chi connectivity index (χ2n) is 6.19. The van der Waals surface area contributed by atoms with Crippen LogP contribution in [0.1, 0.15) is 16.8 Å². The smallest absolute Gasteiger partial charge is 0.416 e. The van der Waals surface area contributed by atoms with Crippen molar-refractivity contribution in [1.82, 2.24) is 10.2 Å². The molecule has 30 heavy (non-hydrogen) atoms. The molecular weight excluding hydrogens is 418 g/mol. The molecule has 0 fully saturated rings. The number of alkyl halides is 6. The van der Waals surface area contributed by atoms with Crippen LogP contribution in [-0.4, -0.2) is 10.2 Å². The Kier molecular flexibility index (Phi) is 4.67. The van der Waals surface area contributed by atoms with E-state index in [2.05, 4.69) is 10.2 Å². The second-order valence-corrected chi connectivity index (χ2v) is 6.19. The van der Waals surface area contributed by atoms with Crippen LogP contribution in [0.25, 0.3) is 0 Å². The Morgan fingerprint density at radius 3 is 1.93 bits per heavy atom. The summed E-state index contributed by atoms with van der Waals surface area (Å²) >= 11 is 0. The van der Waals surface area contributed by atoms with E-state index < -0.39 is 35.8 Å². The van der Waals surface area contributed by atoms with Crippen LogP contribution < -0.4 is 14.2 Å². The molecule has 5 nitrogen and oxygen atoms in total. The Labute approximate surface area is 164 Å². The number of rotatable bonds is 3. The van der Waals surface area contributed by atoms with Gasteiger partial charge in [0.05, 0.1) is 11.1 Å². The molecule has 3 aromatic rings. The number of hydrogen-bond acceptors (Lipinski definition) is 5. The standard InChI is InChI=1S/C19H10F6N2O3/c20-18(21,22)10-5-11(19(23,24)25)7-13(6-10)28-9-12-8-16-17(27-26-12)30-15-4-2-1-3-14(15)29-16/h1-8H,9H2. The summed E-state index contributed by atoms with van der Waals surface area (Å²) in [6.07, 6.45) is -9.94. The Balaban J connectivity index is 1.56. The molecule has 0 N–H and O–H groups in total. The van der Waals surface area contributed by atoms with Crippen LogP contribution in [0.2, 0.25) is 0 Å². The van der Waals surface area contributed by atoms with Gasteiger partial charge < -0.3 is 14.2 Å². The molecule has 1 aliphatic heterocycles. The topological polar surface area (TPSA) is 53.5 Å². The molecule has 11 heteroatoms. The minimum absolute atomic E-state index is 0.0220. The molecule has 0 unspecified atom stereocenters. The van der Waals surface area contributed by atoms with E-state index >= 15 is 0 Å². The molecule has 4 rings (SSSR count). The molecule has 0 radical (unpaired) electrons. The normalized spacial score (nSPS) is 13.0. The van der Waals surface area contributed by atoms with Gasteiger partial charge in [-0.05, 0) is 30.3 Å². The maximum atomic E-state index is 12.9. The van der Waals surface area contributed by atoms with Crippen LogP contribution in [0.15, 0.2) is 48.5 Å². The third-order valence-corrected chi connectivity index (χ3v) is 4.00. The van der Waals surface area contributed by atoms with Gasteiger partial charge >= 0.3 is 12.4 Å². The fraction of sp³-hybridized carbons (Fsp3) is 0.158. The van der Waals surface area contributed by atoms with Gasteiger partial charge in [-0.25, -0.2) is 0 Å². The Hall–Kier alpha value is -3.50. The first-order chi connectivity index (χ1) is 14.1. The Morgan fingerprint density at radius 1 is 0.733 bits per heavy atom. The maximum absolute atomic E-state index is 12.9. The average Bonchev–Trinajstić information content (AvgIpc) is 2.69. The number of fused-ring (bicyclic) bond motifs is 2. The van der Waals surface area contributed by atoms with Gasteiger partial charge in [0, 0.05) is 6.07 Å². The maximum Gasteiger partial charge on any atom is 0.416 e. The minimum Gasteiger partial charge on any atom is -0.487 e. The van der Waals surface area contributed by atoms with Crippen LogP contribution in [-0.2, 0) is 19.0 Å². The minimum atomic E-state index is -4.97. The highest BCUT2D eigenvalue weighted by atomic mass is 19.4. The summed E-state index contributed by atoms with van der Waals surface area (Å²) in [7, 11) is 0. The monoisotopic (exact) mass is 428 g/mol. The van der Waals surface area contributed by atoms with Gasteiger partial charge in [0.1, 0.15) is 18.1 Å². The molecule has 1 aliphatic rings. The first-order valence-electron chi connectivity index (χ1n) is 8.33. The van der Waals surface area contributed by atoms with E-state index in [9.17, 15) is 26.3 Å². The van der Waals surface area contributed by atoms with E-state index in [0.29, 0.717) is 23.6 Å². The summed E-state index contributed by atoms with van der Waals surface area (Å²) in [6, 6.07) is 9.11. The number of halogens is 6. The SMILES string of the molecule is FC(F)(F)c1cc(OCc2cc3c(nn2)Oc2ccccc2O3)cc(C(F)(F)F)c1. The molecule has 0 amide bonds. The number of para-hydroxylation sites is 2. The van der Waals surface area contributed by atoms with Gasteiger partial charge in [-0.3, -0.25) is 0 Å². The van der Waals surface area contributed by atoms with Crippen molar-refractivity contribution in [2.75, 3.05) is 0 Å². The highest BCUT2D eigenvalue weighted by molar-refractivity contribution is 5.51. The second kappa shape index (κ2) is 7.08. The quantitative estimate of drug-likeness (QED) is 0.375. The Bertz CT molecular complexity index is 1070. The number of benzene rings is 2. The zero-order valence-electron chi connectivity index (χ0n) is 14.7. The molecule has 2 aromatic carbocycles. The fourth-order valence-corrected chi connectivity index (χ4v) is 2.62. The average molecular weight is 428 g/mol. The summed E-state index contributed by atoms with van der Waals surface area (Å²) in [4.78, 5) is 0. The highest BCUT2D eigenvalue weighted by Crippen LogP contribution is 2.43. The molecule has 156 valence electrons. The molecular formula is C19H10F6N2O3. The molecule has 0 spiro atoms. The summed E-state index contributed by atoms with van der Waals surface area (Å²) < 4.78 is 93.9. The number of aromatic nitrogens is 2. The predicted molar refractivity (Wildman–Crippen MR) is 89.4 cm³/mol. The lowest BCUT2D eigenvalue weighted by Gasteiger charge is -2.19. The fourth-order valence-electron chi connectivity index (χ4n) is 2.62. The van der Waals surface area contributed by atoms with Gasteiger partial charge in [-0.15, -0.1) is 10.2 Å². The number of ether oxygens (including phenoxy) is 3. The van der Waals surface area contributed by atoms with Crippen molar-refractivity contribution in [2.45, 2.75) is 19.0 Å². The molecule has 0 saturated carbocycles. The molecule has 0 bridgehead atoms. The van der Waals surface area contributed by atoms with E-state index in [-0.39, 0.29) is 23.4 Å². The summed E-state index contributed by atoms with van der Waals surface area (Å²) in [6.45, 7) is -0.441. The molecule has 0 saturated heterocycles. The number of nitrogens with zero attached hydrogens (tertiary/aromatic N) is 2. The van der Waals surface area contributed by atoms with Gasteiger partial charge in [-0.1, -0.05) is 12.1 Å². The van der Waals surface area contributed by atoms with Crippen LogP contribution in [0.4, 0.5) is 26.3 Å². The van der Waals surface area contributed by atoms with E-state index in [4.69, 9.17) is 14.2 Å². The van der Waals surface area contributed by atoms with Crippen LogP contribution in [0.3, 0.4) is 0 Å². The van der Waals surface area contributed by atoms with E-state index in [0.717, 1.165) is 0 Å². The van der Waals surface area contributed by atoms with Crippen LogP contribution in [0, 0.1) is 0 Å². The molecule has 0 atom stereocenters. The Morgan fingerprint density at radius 2 is 1.33 bits per heavy atom. The van der Waals surface area contributed by atoms with Gasteiger partial charge in [0.25, 0.3) is 5.88 Å². The van der Waals surface area contributed by atoms with Crippen molar-refractivity contribution in [3.8, 4) is 28.9 Å². The van der Waals surface area contributed by atoms with E-state index in [1.54, 1.807) is 24.3 Å². The number of hydrogen-bond donors (Lipinski definition) is 0. The third kappa shape index (κ3) is 4.09. The molecule has 2 heterocycles. The van der Waals surface area contributed by atoms with E-state index in [1.165, 1.54) is 6.07 Å². The predicted octanol–water partition coefficient (Wildman–Crippen LogP) is 5.99. The first kappa shape index (κ1) is 19.8. The third-order valence-electron chi connectivity index (χ3n) is 4.00. The van der Waals surface area contributed by atoms with Crippen molar-refractivity contribution in [2.24, 2.45) is 0 Å². The molecule has 0 aliphatic carbocycles. The van der Waals surface area contributed by atoms with Crippen molar-refractivity contribution in [1.29, 1.82) is 0 Å². The van der Waals surface area contributed by atoms with Crippen molar-refractivity contribution >= 4 is 0 Å². The summed E-state index contributed by atoms with van der Waals surface area (Å²) in [5, 5.41) is 7.60. The first-order valence-corrected chi connectivity index (χ1v) is 8.33. The van der Waals surface area contributed by atoms with Gasteiger partial charge in [0.2, 0.25) is 0 Å². The van der Waals surface area contributed by atoms with Crippen LogP contribution in [0.5, 0.6) is 28.9 Å². The lowest BCUT2D eigenvalue weighted by molar-refractivity contribution is -0.143. The molecule has 1 aromatic heterocycles. The van der Waals surface area contributed by atoms with Crippen molar-refractivity contribution < 1.29 is 40.6 Å². The zero-order valence-corrected chi connectivity index (χ0v) is 14.7.